The van der Waals surface area contributed by atoms with Crippen LogP contribution in [0, 0.1) is 0 Å². The zero-order chi connectivity index (χ0) is 15.2. The van der Waals surface area contributed by atoms with E-state index in [4.69, 9.17) is 9.84 Å². The first kappa shape index (κ1) is 17.7. The van der Waals surface area contributed by atoms with Crippen molar-refractivity contribution >= 4 is 24.3 Å². The van der Waals surface area contributed by atoms with Gasteiger partial charge in [0.2, 0.25) is 0 Å². The number of carboxylic acid groups (broad SMARTS) is 1. The lowest BCUT2D eigenvalue weighted by molar-refractivity contribution is 0.0483. The lowest BCUT2D eigenvalue weighted by Gasteiger charge is -2.13. The highest BCUT2D eigenvalue weighted by Gasteiger charge is 2.18. The number of benzene rings is 1. The lowest BCUT2D eigenvalue weighted by atomic mass is 10.0. The van der Waals surface area contributed by atoms with Crippen LogP contribution in [-0.2, 0) is 4.74 Å². The molecule has 0 aliphatic heterocycles. The summed E-state index contributed by atoms with van der Waals surface area (Å²) in [5.74, 6) is -1.78. The average molecular weight is 322 g/mol. The molecule has 1 aromatic carbocycles. The second kappa shape index (κ2) is 8.14. The van der Waals surface area contributed by atoms with Crippen LogP contribution in [0.4, 0.5) is 0 Å². The fourth-order valence-corrected chi connectivity index (χ4v) is 1.93. The molecule has 116 valence electrons. The number of carboxylic acids is 1. The zero-order valence-corrected chi connectivity index (χ0v) is 12.7. The number of aromatic nitrogens is 1. The molecule has 0 saturated heterocycles. The molecule has 0 radical (unpaired) electrons. The molecule has 1 aromatic heterocycles. The van der Waals surface area contributed by atoms with E-state index in [1.165, 1.54) is 12.3 Å². The van der Waals surface area contributed by atoms with E-state index in [2.05, 4.69) is 4.98 Å². The Morgan fingerprint density at radius 3 is 2.50 bits per heavy atom. The third kappa shape index (κ3) is 4.30. The monoisotopic (exact) mass is 321 g/mol. The molecule has 1 heterocycles. The van der Waals surface area contributed by atoms with Crippen LogP contribution in [0.2, 0.25) is 0 Å². The van der Waals surface area contributed by atoms with Gasteiger partial charge >= 0.3 is 11.9 Å². The summed E-state index contributed by atoms with van der Waals surface area (Å²) >= 11 is 0. The predicted molar refractivity (Wildman–Crippen MR) is 83.6 cm³/mol. The van der Waals surface area contributed by atoms with E-state index >= 15 is 0 Å². The molecule has 0 fully saturated rings. The van der Waals surface area contributed by atoms with Crippen LogP contribution in [0.3, 0.4) is 0 Å². The molecule has 0 spiro atoms. The van der Waals surface area contributed by atoms with Gasteiger partial charge < -0.3 is 9.84 Å². The van der Waals surface area contributed by atoms with Gasteiger partial charge in [0.1, 0.15) is 0 Å². The normalized spacial score (nSPS) is 11.1. The summed E-state index contributed by atoms with van der Waals surface area (Å²) in [4.78, 5) is 27.1. The van der Waals surface area contributed by atoms with E-state index < -0.39 is 11.9 Å². The van der Waals surface area contributed by atoms with Gasteiger partial charge in [-0.1, -0.05) is 25.1 Å². The van der Waals surface area contributed by atoms with Crippen molar-refractivity contribution in [1.82, 2.24) is 4.98 Å². The van der Waals surface area contributed by atoms with Gasteiger partial charge in [-0.15, -0.1) is 12.4 Å². The Morgan fingerprint density at radius 2 is 1.86 bits per heavy atom. The Bertz CT molecular complexity index is 646. The molecule has 6 heteroatoms. The minimum atomic E-state index is -1.04. The van der Waals surface area contributed by atoms with E-state index in [1.807, 2.05) is 6.07 Å². The van der Waals surface area contributed by atoms with Crippen molar-refractivity contribution in [3.8, 4) is 0 Å². The zero-order valence-electron chi connectivity index (χ0n) is 11.9. The van der Waals surface area contributed by atoms with Crippen LogP contribution in [0.1, 0.15) is 39.3 Å². The molecule has 2 rings (SSSR count). The highest BCUT2D eigenvalue weighted by atomic mass is 35.5. The maximum Gasteiger partial charge on any atom is 0.338 e. The van der Waals surface area contributed by atoms with Crippen molar-refractivity contribution in [2.24, 2.45) is 0 Å². The molecule has 0 saturated carbocycles. The summed E-state index contributed by atoms with van der Waals surface area (Å²) < 4.78 is 5.21. The largest absolute Gasteiger partial charge is 0.478 e. The minimum absolute atomic E-state index is 0. The van der Waals surface area contributed by atoms with Crippen molar-refractivity contribution in [3.05, 3.63) is 65.5 Å². The fraction of sp³-hybridized carbons (Fsp3) is 0.188. The molecule has 1 N–H and O–H groups in total. The smallest absolute Gasteiger partial charge is 0.338 e. The van der Waals surface area contributed by atoms with E-state index in [0.717, 1.165) is 0 Å². The minimum Gasteiger partial charge on any atom is -0.478 e. The van der Waals surface area contributed by atoms with Gasteiger partial charge in [0.15, 0.2) is 0 Å². The molecule has 0 amide bonds. The number of nitrogens with zero attached hydrogens (tertiary/aromatic N) is 1. The lowest BCUT2D eigenvalue weighted by Crippen LogP contribution is -2.15. The van der Waals surface area contributed by atoms with Crippen LogP contribution in [0.25, 0.3) is 0 Å². The van der Waals surface area contributed by atoms with Crippen molar-refractivity contribution in [3.63, 3.8) is 0 Å². The van der Waals surface area contributed by atoms with Crippen LogP contribution in [0.15, 0.2) is 48.7 Å². The number of pyridine rings is 1. The highest BCUT2D eigenvalue weighted by molar-refractivity contribution is 5.90. The van der Waals surface area contributed by atoms with E-state index in [9.17, 15) is 9.59 Å². The summed E-state index contributed by atoms with van der Waals surface area (Å²) in [7, 11) is 0. The molecule has 2 aromatic rings. The summed E-state index contributed by atoms with van der Waals surface area (Å²) in [5, 5.41) is 9.12. The summed E-state index contributed by atoms with van der Waals surface area (Å²) in [6, 6.07) is 11.7. The number of rotatable bonds is 5. The first-order valence-electron chi connectivity index (χ1n) is 6.50. The highest BCUT2D eigenvalue weighted by Crippen LogP contribution is 2.18. The van der Waals surface area contributed by atoms with Gasteiger partial charge in [-0.25, -0.2) is 9.59 Å². The Balaban J connectivity index is 0.00000242. The van der Waals surface area contributed by atoms with Gasteiger partial charge in [0, 0.05) is 12.1 Å². The van der Waals surface area contributed by atoms with Gasteiger partial charge in [-0.05, 0) is 24.3 Å². The van der Waals surface area contributed by atoms with Gasteiger partial charge in [-0.3, -0.25) is 4.98 Å². The maximum atomic E-state index is 11.8. The number of halogens is 1. The van der Waals surface area contributed by atoms with Gasteiger partial charge in [-0.2, -0.15) is 0 Å². The molecule has 0 aliphatic carbocycles. The fourth-order valence-electron chi connectivity index (χ4n) is 1.93. The van der Waals surface area contributed by atoms with Gasteiger partial charge in [0.25, 0.3) is 0 Å². The van der Waals surface area contributed by atoms with Crippen LogP contribution >= 0.6 is 12.4 Å². The number of esters is 1. The van der Waals surface area contributed by atoms with Gasteiger partial charge in [0.05, 0.1) is 23.4 Å². The first-order chi connectivity index (χ1) is 10.1. The number of hydrogen-bond acceptors (Lipinski definition) is 4. The summed E-state index contributed by atoms with van der Waals surface area (Å²) in [5.41, 5.74) is 0.996. The van der Waals surface area contributed by atoms with Crippen molar-refractivity contribution in [2.45, 2.75) is 12.8 Å². The van der Waals surface area contributed by atoms with Crippen molar-refractivity contribution in [1.29, 1.82) is 0 Å². The SMILES string of the molecule is CC(COC(=O)c1ccccc1)c1ncccc1C(=O)O.Cl. The third-order valence-electron chi connectivity index (χ3n) is 3.01. The average Bonchev–Trinajstić information content (AvgIpc) is 2.53. The summed E-state index contributed by atoms with van der Waals surface area (Å²) in [6.07, 6.45) is 1.53. The van der Waals surface area contributed by atoms with E-state index in [0.29, 0.717) is 11.3 Å². The molecular weight excluding hydrogens is 306 g/mol. The molecule has 0 bridgehead atoms. The molecule has 0 aliphatic rings. The van der Waals surface area contributed by atoms with E-state index in [1.54, 1.807) is 37.3 Å². The summed E-state index contributed by atoms with van der Waals surface area (Å²) in [6.45, 7) is 1.85. The Hall–Kier alpha value is -2.40. The molecule has 5 nitrogen and oxygen atoms in total. The second-order valence-electron chi connectivity index (χ2n) is 4.61. The Morgan fingerprint density at radius 1 is 1.18 bits per heavy atom. The standard InChI is InChI=1S/C16H15NO4.ClH/c1-11(14-13(15(18)19)8-5-9-17-14)10-21-16(20)12-6-3-2-4-7-12;/h2-9,11H,10H2,1H3,(H,18,19);1H. The number of aromatic carboxylic acids is 1. The first-order valence-corrected chi connectivity index (χ1v) is 6.50. The topological polar surface area (TPSA) is 76.5 Å². The van der Waals surface area contributed by atoms with Crippen LogP contribution in [-0.4, -0.2) is 28.6 Å². The second-order valence-corrected chi connectivity index (χ2v) is 4.61. The number of carbonyl (C=O) groups is 2. The molecule has 1 unspecified atom stereocenters. The predicted octanol–water partition coefficient (Wildman–Crippen LogP) is 3.16. The van der Waals surface area contributed by atoms with Crippen molar-refractivity contribution in [2.75, 3.05) is 6.61 Å². The quantitative estimate of drug-likeness (QED) is 0.856. The number of ether oxygens (including phenoxy) is 1. The number of carbonyl (C=O) groups excluding carboxylic acids is 1. The van der Waals surface area contributed by atoms with E-state index in [-0.39, 0.29) is 30.5 Å². The maximum absolute atomic E-state index is 11.8. The van der Waals surface area contributed by atoms with Crippen molar-refractivity contribution < 1.29 is 19.4 Å². The Labute approximate surface area is 134 Å². The molecule has 22 heavy (non-hydrogen) atoms. The van der Waals surface area contributed by atoms with Crippen LogP contribution < -0.4 is 0 Å². The Kier molecular flexibility index (Phi) is 6.53. The molecule has 1 atom stereocenters. The third-order valence-corrected chi connectivity index (χ3v) is 3.01. The molecular formula is C16H16ClNO4. The number of hydrogen-bond donors (Lipinski definition) is 1. The van der Waals surface area contributed by atoms with Crippen LogP contribution in [0.5, 0.6) is 0 Å².